The summed E-state index contributed by atoms with van der Waals surface area (Å²) < 4.78 is 2.28. The molecule has 0 aliphatic rings. The van der Waals surface area contributed by atoms with Crippen LogP contribution in [0.3, 0.4) is 0 Å². The van der Waals surface area contributed by atoms with Gasteiger partial charge in [-0.1, -0.05) is 48.6 Å². The Hall–Kier alpha value is -2.12. The molecule has 23 heavy (non-hydrogen) atoms. The summed E-state index contributed by atoms with van der Waals surface area (Å²) in [6.07, 6.45) is 2.75. The molecule has 2 aromatic heterocycles. The van der Waals surface area contributed by atoms with E-state index in [2.05, 4.69) is 63.4 Å². The van der Waals surface area contributed by atoms with Crippen LogP contribution >= 0.6 is 12.2 Å². The topological polar surface area (TPSA) is 62.6 Å². The fourth-order valence-electron chi connectivity index (χ4n) is 2.62. The molecule has 1 aromatic carbocycles. The highest BCUT2D eigenvalue weighted by Gasteiger charge is 2.07. The number of rotatable bonds is 6. The summed E-state index contributed by atoms with van der Waals surface area (Å²) in [6, 6.07) is 8.62. The molecule has 6 nitrogen and oxygen atoms in total. The fraction of sp³-hybridized carbons (Fsp3) is 0.375. The highest BCUT2D eigenvalue weighted by molar-refractivity contribution is 7.71. The van der Waals surface area contributed by atoms with Gasteiger partial charge in [-0.2, -0.15) is 0 Å². The van der Waals surface area contributed by atoms with E-state index in [-0.39, 0.29) is 0 Å². The van der Waals surface area contributed by atoms with Crippen molar-refractivity contribution in [3.8, 4) is 0 Å². The number of aromatic amines is 1. The summed E-state index contributed by atoms with van der Waals surface area (Å²) >= 11 is 5.16. The Morgan fingerprint density at radius 3 is 2.70 bits per heavy atom. The van der Waals surface area contributed by atoms with E-state index in [0.29, 0.717) is 16.7 Å². The zero-order valence-electron chi connectivity index (χ0n) is 13.4. The smallest absolute Gasteiger partial charge is 0.166 e. The fourth-order valence-corrected chi connectivity index (χ4v) is 2.81. The maximum Gasteiger partial charge on any atom is 0.166 e. The lowest BCUT2D eigenvalue weighted by atomic mass is 10.1. The first-order valence-electron chi connectivity index (χ1n) is 7.70. The molecule has 2 heterocycles. The third kappa shape index (κ3) is 3.62. The van der Waals surface area contributed by atoms with E-state index in [1.165, 1.54) is 17.5 Å². The van der Waals surface area contributed by atoms with Gasteiger partial charge < -0.3 is 9.88 Å². The maximum absolute atomic E-state index is 5.16. The first kappa shape index (κ1) is 15.8. The molecule has 1 N–H and O–H groups in total. The number of nitrogens with zero attached hydrogens (tertiary/aromatic N) is 5. The van der Waals surface area contributed by atoms with Gasteiger partial charge in [0.05, 0.1) is 12.9 Å². The largest absolute Gasteiger partial charge is 0.329 e. The van der Waals surface area contributed by atoms with E-state index >= 15 is 0 Å². The first-order valence-corrected chi connectivity index (χ1v) is 8.11. The number of benzene rings is 1. The average molecular weight is 328 g/mol. The van der Waals surface area contributed by atoms with E-state index in [9.17, 15) is 0 Å². The van der Waals surface area contributed by atoms with Crippen LogP contribution in [0.1, 0.15) is 24.5 Å². The Morgan fingerprint density at radius 2 is 1.96 bits per heavy atom. The molecule has 0 fully saturated rings. The van der Waals surface area contributed by atoms with Crippen molar-refractivity contribution in [2.45, 2.75) is 26.4 Å². The van der Waals surface area contributed by atoms with Crippen LogP contribution in [0.2, 0.25) is 0 Å². The molecule has 0 spiro atoms. The zero-order chi connectivity index (χ0) is 16.2. The minimum atomic E-state index is 0.472. The van der Waals surface area contributed by atoms with Crippen molar-refractivity contribution in [3.05, 3.63) is 46.4 Å². The van der Waals surface area contributed by atoms with Gasteiger partial charge in [0.25, 0.3) is 0 Å². The number of nitrogens with one attached hydrogen (secondary N) is 1. The molecule has 0 bridgehead atoms. The molecule has 120 valence electrons. The maximum atomic E-state index is 5.16. The summed E-state index contributed by atoms with van der Waals surface area (Å²) in [5, 5.41) is 8.27. The summed E-state index contributed by atoms with van der Waals surface area (Å²) in [4.78, 5) is 9.41. The number of hydrogen-bond donors (Lipinski definition) is 1. The van der Waals surface area contributed by atoms with Crippen LogP contribution in [0.5, 0.6) is 0 Å². The van der Waals surface area contributed by atoms with Crippen molar-refractivity contribution in [2.24, 2.45) is 0 Å². The lowest BCUT2D eigenvalue weighted by Crippen LogP contribution is -2.18. The number of H-pyrrole nitrogens is 1. The minimum Gasteiger partial charge on any atom is -0.329 e. The Morgan fingerprint density at radius 1 is 1.22 bits per heavy atom. The number of aromatic nitrogens is 5. The van der Waals surface area contributed by atoms with Crippen molar-refractivity contribution in [1.29, 1.82) is 0 Å². The van der Waals surface area contributed by atoms with Crippen molar-refractivity contribution in [2.75, 3.05) is 13.6 Å². The van der Waals surface area contributed by atoms with Crippen LogP contribution in [0.4, 0.5) is 0 Å². The SMILES string of the molecule is CCCN(C)Cc1ccc(Cn2nnc3c(=S)nc[nH]c32)cc1. The van der Waals surface area contributed by atoms with Crippen molar-refractivity contribution < 1.29 is 0 Å². The zero-order valence-corrected chi connectivity index (χ0v) is 14.2. The first-order chi connectivity index (χ1) is 11.2. The van der Waals surface area contributed by atoms with E-state index in [1.807, 2.05) is 4.68 Å². The molecule has 0 saturated heterocycles. The predicted molar refractivity (Wildman–Crippen MR) is 92.7 cm³/mol. The quantitative estimate of drug-likeness (QED) is 0.705. The van der Waals surface area contributed by atoms with E-state index in [0.717, 1.165) is 18.7 Å². The van der Waals surface area contributed by atoms with Gasteiger partial charge in [-0.05, 0) is 31.1 Å². The third-order valence-corrected chi connectivity index (χ3v) is 4.03. The Labute approximate surface area is 140 Å². The van der Waals surface area contributed by atoms with Gasteiger partial charge in [0, 0.05) is 6.54 Å². The molecule has 7 heteroatoms. The normalized spacial score (nSPS) is 11.4. The molecular weight excluding hydrogens is 308 g/mol. The predicted octanol–water partition coefficient (Wildman–Crippen LogP) is 2.77. The van der Waals surface area contributed by atoms with Gasteiger partial charge in [0.2, 0.25) is 0 Å². The summed E-state index contributed by atoms with van der Waals surface area (Å²) in [5.41, 5.74) is 3.93. The van der Waals surface area contributed by atoms with Crippen LogP contribution in [-0.4, -0.2) is 43.5 Å². The average Bonchev–Trinajstić information content (AvgIpc) is 2.94. The molecule has 3 aromatic rings. The lowest BCUT2D eigenvalue weighted by molar-refractivity contribution is 0.327. The molecule has 0 radical (unpaired) electrons. The Balaban J connectivity index is 1.75. The second-order valence-corrected chi connectivity index (χ2v) is 6.09. The van der Waals surface area contributed by atoms with Gasteiger partial charge in [0.1, 0.15) is 0 Å². The second-order valence-electron chi connectivity index (χ2n) is 5.71. The second kappa shape index (κ2) is 6.97. The van der Waals surface area contributed by atoms with Crippen LogP contribution < -0.4 is 0 Å². The molecule has 0 unspecified atom stereocenters. The van der Waals surface area contributed by atoms with Gasteiger partial charge in [-0.15, -0.1) is 5.10 Å². The molecule has 0 amide bonds. The summed E-state index contributed by atoms with van der Waals surface area (Å²) in [7, 11) is 2.15. The monoisotopic (exact) mass is 328 g/mol. The van der Waals surface area contributed by atoms with Crippen LogP contribution in [0.25, 0.3) is 11.2 Å². The highest BCUT2D eigenvalue weighted by Crippen LogP contribution is 2.12. The molecule has 3 rings (SSSR count). The minimum absolute atomic E-state index is 0.472. The van der Waals surface area contributed by atoms with E-state index in [4.69, 9.17) is 12.2 Å². The van der Waals surface area contributed by atoms with Crippen LogP contribution in [0.15, 0.2) is 30.6 Å². The number of fused-ring (bicyclic) bond motifs is 1. The lowest BCUT2D eigenvalue weighted by Gasteiger charge is -2.15. The van der Waals surface area contributed by atoms with Gasteiger partial charge in [-0.3, -0.25) is 0 Å². The van der Waals surface area contributed by atoms with Crippen LogP contribution in [-0.2, 0) is 13.1 Å². The number of hydrogen-bond acceptors (Lipinski definition) is 5. The van der Waals surface area contributed by atoms with Gasteiger partial charge >= 0.3 is 0 Å². The van der Waals surface area contributed by atoms with Crippen molar-refractivity contribution in [1.82, 2.24) is 29.9 Å². The molecular formula is C16H20N6S. The van der Waals surface area contributed by atoms with Crippen LogP contribution in [0, 0.1) is 4.64 Å². The summed E-state index contributed by atoms with van der Waals surface area (Å²) in [6.45, 7) is 4.93. The van der Waals surface area contributed by atoms with Crippen molar-refractivity contribution >= 4 is 23.4 Å². The van der Waals surface area contributed by atoms with Crippen molar-refractivity contribution in [3.63, 3.8) is 0 Å². The molecule has 0 saturated carbocycles. The third-order valence-electron chi connectivity index (χ3n) is 3.73. The Kier molecular flexibility index (Phi) is 4.78. The summed E-state index contributed by atoms with van der Waals surface area (Å²) in [5.74, 6) is 0. The van der Waals surface area contributed by atoms with E-state index < -0.39 is 0 Å². The molecule has 0 aliphatic heterocycles. The Bertz CT molecular complexity index is 836. The van der Waals surface area contributed by atoms with E-state index in [1.54, 1.807) is 6.33 Å². The molecule has 0 aliphatic carbocycles. The standard InChI is InChI=1S/C16H20N6S/c1-3-8-21(2)9-12-4-6-13(7-5-12)10-22-15-14(19-20-22)16(23)18-11-17-15/h4-7,11H,3,8-10H2,1-2H3,(H,17,18,23). The van der Waals surface area contributed by atoms with Gasteiger partial charge in [0.15, 0.2) is 15.8 Å². The highest BCUT2D eigenvalue weighted by atomic mass is 32.1. The van der Waals surface area contributed by atoms with Gasteiger partial charge in [-0.25, -0.2) is 9.67 Å². The molecule has 0 atom stereocenters.